The molecule has 1 amide bonds. The highest BCUT2D eigenvalue weighted by Crippen LogP contribution is 2.11. The molecule has 108 valence electrons. The van der Waals surface area contributed by atoms with E-state index in [4.69, 9.17) is 5.11 Å². The molecule has 0 bridgehead atoms. The number of hydrogen-bond donors (Lipinski definition) is 2. The molecular weight excluding hydrogens is 256 g/mol. The fourth-order valence-corrected chi connectivity index (χ4v) is 1.75. The molecule has 2 N–H and O–H groups in total. The quantitative estimate of drug-likeness (QED) is 0.792. The summed E-state index contributed by atoms with van der Waals surface area (Å²) in [6.45, 7) is 3.49. The van der Waals surface area contributed by atoms with E-state index in [-0.39, 0.29) is 19.1 Å². The number of likely N-dealkylation sites (N-methyl/N-ethyl adjacent to an activating group) is 1. The monoisotopic (exact) mass is 276 g/mol. The summed E-state index contributed by atoms with van der Waals surface area (Å²) in [6, 6.07) is 1.60. The van der Waals surface area contributed by atoms with E-state index in [0.717, 1.165) is 0 Å². The number of amides is 1. The van der Waals surface area contributed by atoms with Crippen LogP contribution < -0.4 is 0 Å². The third-order valence-electron chi connectivity index (χ3n) is 2.48. The molecule has 0 aromatic carbocycles. The molecule has 0 spiro atoms. The average Bonchev–Trinajstić information content (AvgIpc) is 2.37. The number of carbonyl (C=O) groups excluding carboxylic acids is 1. The van der Waals surface area contributed by atoms with Crippen molar-refractivity contribution in [3.63, 3.8) is 0 Å². The highest BCUT2D eigenvalue weighted by Gasteiger charge is 2.21. The van der Waals surface area contributed by atoms with E-state index < -0.39 is 5.60 Å². The van der Waals surface area contributed by atoms with Gasteiger partial charge in [-0.25, -0.2) is 0 Å². The summed E-state index contributed by atoms with van der Waals surface area (Å²) >= 11 is 0. The molecule has 0 saturated carbocycles. The minimum atomic E-state index is -0.958. The van der Waals surface area contributed by atoms with Crippen molar-refractivity contribution in [1.29, 1.82) is 0 Å². The SMILES string of the molecule is CN(CC(C)(C)O)C(=O)c1ccncc1C#CCCO. The lowest BCUT2D eigenvalue weighted by molar-refractivity contribution is 0.0367. The van der Waals surface area contributed by atoms with Gasteiger partial charge in [0.15, 0.2) is 0 Å². The second kappa shape index (κ2) is 7.04. The number of aliphatic hydroxyl groups is 2. The van der Waals surface area contributed by atoms with Crippen molar-refractivity contribution in [3.8, 4) is 11.8 Å². The molecule has 0 aliphatic carbocycles. The number of hydrogen-bond acceptors (Lipinski definition) is 4. The molecule has 1 heterocycles. The van der Waals surface area contributed by atoms with E-state index in [0.29, 0.717) is 17.5 Å². The number of aliphatic hydroxyl groups excluding tert-OH is 1. The summed E-state index contributed by atoms with van der Waals surface area (Å²) in [7, 11) is 1.63. The number of nitrogens with zero attached hydrogens (tertiary/aromatic N) is 2. The van der Waals surface area contributed by atoms with Crippen LogP contribution in [0.4, 0.5) is 0 Å². The van der Waals surface area contributed by atoms with Gasteiger partial charge >= 0.3 is 0 Å². The molecule has 1 rings (SSSR count). The summed E-state index contributed by atoms with van der Waals surface area (Å²) < 4.78 is 0. The van der Waals surface area contributed by atoms with Crippen LogP contribution in [0.5, 0.6) is 0 Å². The molecule has 0 radical (unpaired) electrons. The van der Waals surface area contributed by atoms with Gasteiger partial charge < -0.3 is 15.1 Å². The van der Waals surface area contributed by atoms with Gasteiger partial charge in [0.1, 0.15) is 0 Å². The molecule has 1 aromatic rings. The molecular formula is C15H20N2O3. The van der Waals surface area contributed by atoms with Crippen LogP contribution in [0.2, 0.25) is 0 Å². The first-order chi connectivity index (χ1) is 9.35. The van der Waals surface area contributed by atoms with Gasteiger partial charge in [-0.05, 0) is 19.9 Å². The van der Waals surface area contributed by atoms with Crippen LogP contribution in [0.25, 0.3) is 0 Å². The molecule has 20 heavy (non-hydrogen) atoms. The highest BCUT2D eigenvalue weighted by molar-refractivity contribution is 5.96. The molecule has 0 aliphatic rings. The van der Waals surface area contributed by atoms with Crippen LogP contribution in [-0.2, 0) is 0 Å². The molecule has 0 aliphatic heterocycles. The fourth-order valence-electron chi connectivity index (χ4n) is 1.75. The lowest BCUT2D eigenvalue weighted by Gasteiger charge is -2.25. The zero-order valence-electron chi connectivity index (χ0n) is 12.1. The zero-order valence-corrected chi connectivity index (χ0v) is 12.1. The standard InChI is InChI=1S/C15H20N2O3/c1-15(2,20)11-17(3)14(19)13-7-8-16-10-12(13)6-4-5-9-18/h7-8,10,18,20H,5,9,11H2,1-3H3. The van der Waals surface area contributed by atoms with Crippen molar-refractivity contribution < 1.29 is 15.0 Å². The van der Waals surface area contributed by atoms with Crippen molar-refractivity contribution in [1.82, 2.24) is 9.88 Å². The van der Waals surface area contributed by atoms with Crippen LogP contribution >= 0.6 is 0 Å². The van der Waals surface area contributed by atoms with E-state index in [9.17, 15) is 9.90 Å². The Kier molecular flexibility index (Phi) is 5.68. The van der Waals surface area contributed by atoms with Crippen molar-refractivity contribution in [2.75, 3.05) is 20.2 Å². The van der Waals surface area contributed by atoms with E-state index in [1.54, 1.807) is 27.0 Å². The average molecular weight is 276 g/mol. The first-order valence-electron chi connectivity index (χ1n) is 6.37. The largest absolute Gasteiger partial charge is 0.395 e. The summed E-state index contributed by atoms with van der Waals surface area (Å²) in [5.74, 6) is 5.38. The number of carbonyl (C=O) groups is 1. The normalized spacial score (nSPS) is 10.7. The first-order valence-corrected chi connectivity index (χ1v) is 6.37. The van der Waals surface area contributed by atoms with E-state index in [2.05, 4.69) is 16.8 Å². The number of aromatic nitrogens is 1. The van der Waals surface area contributed by atoms with E-state index >= 15 is 0 Å². The second-order valence-corrected chi connectivity index (χ2v) is 5.17. The number of pyridine rings is 1. The van der Waals surface area contributed by atoms with Crippen molar-refractivity contribution in [2.24, 2.45) is 0 Å². The van der Waals surface area contributed by atoms with Crippen LogP contribution in [0.1, 0.15) is 36.2 Å². The Balaban J connectivity index is 2.96. The van der Waals surface area contributed by atoms with Crippen LogP contribution in [-0.4, -0.2) is 51.8 Å². The summed E-state index contributed by atoms with van der Waals surface area (Å²) in [5, 5.41) is 18.5. The van der Waals surface area contributed by atoms with Gasteiger partial charge in [-0.1, -0.05) is 11.8 Å². The maximum absolute atomic E-state index is 12.3. The molecule has 0 saturated heterocycles. The molecule has 0 fully saturated rings. The molecule has 0 unspecified atom stereocenters. The Bertz CT molecular complexity index is 524. The second-order valence-electron chi connectivity index (χ2n) is 5.17. The van der Waals surface area contributed by atoms with Crippen LogP contribution in [0.15, 0.2) is 18.5 Å². The first kappa shape index (κ1) is 16.2. The van der Waals surface area contributed by atoms with Crippen LogP contribution in [0.3, 0.4) is 0 Å². The van der Waals surface area contributed by atoms with Crippen molar-refractivity contribution in [3.05, 3.63) is 29.6 Å². The third kappa shape index (κ3) is 5.00. The maximum atomic E-state index is 12.3. The van der Waals surface area contributed by atoms with Gasteiger partial charge in [-0.3, -0.25) is 9.78 Å². The van der Waals surface area contributed by atoms with Crippen molar-refractivity contribution in [2.45, 2.75) is 25.9 Å². The fraction of sp³-hybridized carbons (Fsp3) is 0.467. The Hall–Kier alpha value is -1.90. The van der Waals surface area contributed by atoms with Gasteiger partial charge in [0.25, 0.3) is 5.91 Å². The van der Waals surface area contributed by atoms with Crippen LogP contribution in [0, 0.1) is 11.8 Å². The minimum absolute atomic E-state index is 0.0187. The van der Waals surface area contributed by atoms with Gasteiger partial charge in [0.2, 0.25) is 0 Å². The van der Waals surface area contributed by atoms with Crippen molar-refractivity contribution >= 4 is 5.91 Å². The lowest BCUT2D eigenvalue weighted by Crippen LogP contribution is -2.39. The summed E-state index contributed by atoms with van der Waals surface area (Å²) in [6.07, 6.45) is 3.40. The lowest BCUT2D eigenvalue weighted by atomic mass is 10.1. The highest BCUT2D eigenvalue weighted by atomic mass is 16.3. The smallest absolute Gasteiger partial charge is 0.255 e. The maximum Gasteiger partial charge on any atom is 0.255 e. The molecule has 1 aromatic heterocycles. The van der Waals surface area contributed by atoms with Gasteiger partial charge in [-0.2, -0.15) is 0 Å². The summed E-state index contributed by atoms with van der Waals surface area (Å²) in [5.41, 5.74) is 0.00548. The van der Waals surface area contributed by atoms with E-state index in [1.807, 2.05) is 0 Å². The summed E-state index contributed by atoms with van der Waals surface area (Å²) in [4.78, 5) is 17.8. The minimum Gasteiger partial charge on any atom is -0.395 e. The Morgan fingerprint density at radius 3 is 2.80 bits per heavy atom. The Morgan fingerprint density at radius 1 is 1.50 bits per heavy atom. The number of rotatable bonds is 4. The molecule has 0 atom stereocenters. The van der Waals surface area contributed by atoms with Gasteiger partial charge in [-0.15, -0.1) is 0 Å². The molecule has 5 heteroatoms. The predicted molar refractivity (Wildman–Crippen MR) is 76.1 cm³/mol. The molecule has 5 nitrogen and oxygen atoms in total. The topological polar surface area (TPSA) is 73.7 Å². The van der Waals surface area contributed by atoms with E-state index in [1.165, 1.54) is 17.3 Å². The van der Waals surface area contributed by atoms with Gasteiger partial charge in [0.05, 0.1) is 23.3 Å². The zero-order chi connectivity index (χ0) is 15.2. The predicted octanol–water partition coefficient (Wildman–Crippen LogP) is 0.658. The van der Waals surface area contributed by atoms with Gasteiger partial charge in [0, 0.05) is 32.4 Å². The Labute approximate surface area is 119 Å². The third-order valence-corrected chi connectivity index (χ3v) is 2.48. The Morgan fingerprint density at radius 2 is 2.20 bits per heavy atom.